The van der Waals surface area contributed by atoms with Gasteiger partial charge in [0.25, 0.3) is 5.56 Å². The fourth-order valence-electron chi connectivity index (χ4n) is 1.36. The van der Waals surface area contributed by atoms with Crippen LogP contribution in [0.3, 0.4) is 0 Å². The minimum atomic E-state index is -0.270. The highest BCUT2D eigenvalue weighted by Crippen LogP contribution is 2.14. The number of methoxy groups -OCH3 is 1. The van der Waals surface area contributed by atoms with Crippen LogP contribution in [0.15, 0.2) is 41.3 Å². The van der Waals surface area contributed by atoms with Crippen molar-refractivity contribution >= 4 is 5.69 Å². The largest absolute Gasteiger partial charge is 0.497 e. The molecule has 0 saturated heterocycles. The van der Waals surface area contributed by atoms with Crippen LogP contribution in [0.25, 0.3) is 5.69 Å². The molecular weight excluding hydrogens is 206 g/mol. The molecule has 1 heterocycles. The third kappa shape index (κ3) is 1.88. The predicted octanol–water partition coefficient (Wildman–Crippen LogP) is 0.823. The molecule has 0 atom stereocenters. The van der Waals surface area contributed by atoms with Crippen molar-refractivity contribution < 1.29 is 4.74 Å². The van der Waals surface area contributed by atoms with Crippen molar-refractivity contribution in [1.29, 1.82) is 0 Å². The molecular formula is C11H11N3O2. The Bertz CT molecular complexity index is 563. The summed E-state index contributed by atoms with van der Waals surface area (Å²) in [7, 11) is 1.57. The number of hydrogen-bond donors (Lipinski definition) is 1. The van der Waals surface area contributed by atoms with Crippen molar-refractivity contribution in [2.75, 3.05) is 12.8 Å². The van der Waals surface area contributed by atoms with Crippen LogP contribution in [-0.2, 0) is 0 Å². The topological polar surface area (TPSA) is 70.1 Å². The quantitative estimate of drug-likeness (QED) is 0.808. The van der Waals surface area contributed by atoms with E-state index in [0.29, 0.717) is 17.1 Å². The molecule has 0 saturated carbocycles. The van der Waals surface area contributed by atoms with Gasteiger partial charge in [0.2, 0.25) is 0 Å². The zero-order valence-corrected chi connectivity index (χ0v) is 8.75. The van der Waals surface area contributed by atoms with Crippen LogP contribution in [0, 0.1) is 0 Å². The minimum Gasteiger partial charge on any atom is -0.497 e. The second kappa shape index (κ2) is 4.06. The summed E-state index contributed by atoms with van der Waals surface area (Å²) in [5.41, 5.74) is 6.18. The van der Waals surface area contributed by atoms with Gasteiger partial charge in [-0.15, -0.1) is 0 Å². The van der Waals surface area contributed by atoms with Gasteiger partial charge in [-0.2, -0.15) is 9.78 Å². The fourth-order valence-corrected chi connectivity index (χ4v) is 1.36. The molecule has 0 aliphatic carbocycles. The zero-order valence-electron chi connectivity index (χ0n) is 8.75. The highest BCUT2D eigenvalue weighted by molar-refractivity contribution is 5.40. The lowest BCUT2D eigenvalue weighted by Gasteiger charge is -2.05. The number of nitrogen functional groups attached to an aromatic ring is 1. The molecule has 2 N–H and O–H groups in total. The number of anilines is 1. The van der Waals surface area contributed by atoms with Crippen LogP contribution in [0.2, 0.25) is 0 Å². The molecule has 0 amide bonds. The summed E-state index contributed by atoms with van der Waals surface area (Å²) in [5, 5.41) is 3.95. The Morgan fingerprint density at radius 2 is 2.19 bits per heavy atom. The number of rotatable bonds is 2. The van der Waals surface area contributed by atoms with Gasteiger partial charge in [-0.25, -0.2) is 0 Å². The smallest absolute Gasteiger partial charge is 0.273 e. The van der Waals surface area contributed by atoms with Gasteiger partial charge in [0.05, 0.1) is 24.7 Å². The van der Waals surface area contributed by atoms with Crippen LogP contribution in [0.1, 0.15) is 0 Å². The molecule has 0 unspecified atom stereocenters. The highest BCUT2D eigenvalue weighted by Gasteiger charge is 2.02. The fraction of sp³-hybridized carbons (Fsp3) is 0.0909. The Hall–Kier alpha value is -2.30. The number of nitrogens with two attached hydrogens (primary N) is 1. The summed E-state index contributed by atoms with van der Waals surface area (Å²) in [6, 6.07) is 8.41. The molecule has 2 rings (SSSR count). The van der Waals surface area contributed by atoms with Gasteiger partial charge in [-0.1, -0.05) is 6.07 Å². The minimum absolute atomic E-state index is 0.270. The average Bonchev–Trinajstić information content (AvgIpc) is 2.29. The van der Waals surface area contributed by atoms with Gasteiger partial charge in [-0.05, 0) is 12.1 Å². The van der Waals surface area contributed by atoms with E-state index >= 15 is 0 Å². The number of ether oxygens (including phenoxy) is 1. The van der Waals surface area contributed by atoms with Crippen molar-refractivity contribution in [3.63, 3.8) is 0 Å². The first kappa shape index (κ1) is 10.2. The van der Waals surface area contributed by atoms with Gasteiger partial charge in [0, 0.05) is 12.1 Å². The van der Waals surface area contributed by atoms with E-state index in [1.807, 2.05) is 0 Å². The molecule has 5 nitrogen and oxygen atoms in total. The van der Waals surface area contributed by atoms with Crippen molar-refractivity contribution in [1.82, 2.24) is 9.78 Å². The maximum atomic E-state index is 11.6. The summed E-state index contributed by atoms with van der Waals surface area (Å²) in [5.74, 6) is 0.669. The predicted molar refractivity (Wildman–Crippen MR) is 60.8 cm³/mol. The van der Waals surface area contributed by atoms with E-state index in [1.165, 1.54) is 16.9 Å². The first-order valence-electron chi connectivity index (χ1n) is 4.70. The molecule has 0 fully saturated rings. The maximum Gasteiger partial charge on any atom is 0.273 e. The van der Waals surface area contributed by atoms with E-state index in [0.717, 1.165) is 0 Å². The highest BCUT2D eigenvalue weighted by atomic mass is 16.5. The summed E-state index contributed by atoms with van der Waals surface area (Å²) in [6.45, 7) is 0. The van der Waals surface area contributed by atoms with Crippen LogP contribution in [-0.4, -0.2) is 16.9 Å². The summed E-state index contributed by atoms with van der Waals surface area (Å²) >= 11 is 0. The molecule has 5 heteroatoms. The third-order valence-electron chi connectivity index (χ3n) is 2.12. The van der Waals surface area contributed by atoms with Crippen LogP contribution < -0.4 is 16.0 Å². The third-order valence-corrected chi connectivity index (χ3v) is 2.12. The van der Waals surface area contributed by atoms with Gasteiger partial charge in [-0.3, -0.25) is 4.79 Å². The second-order valence-electron chi connectivity index (χ2n) is 3.24. The van der Waals surface area contributed by atoms with Gasteiger partial charge in [0.15, 0.2) is 0 Å². The molecule has 0 aliphatic rings. The van der Waals surface area contributed by atoms with Crippen LogP contribution in [0.5, 0.6) is 5.75 Å². The molecule has 1 aromatic heterocycles. The van der Waals surface area contributed by atoms with Crippen LogP contribution >= 0.6 is 0 Å². The first-order valence-corrected chi connectivity index (χ1v) is 4.70. The molecule has 16 heavy (non-hydrogen) atoms. The molecule has 0 bridgehead atoms. The first-order chi connectivity index (χ1) is 7.70. The van der Waals surface area contributed by atoms with Gasteiger partial charge >= 0.3 is 0 Å². The summed E-state index contributed by atoms with van der Waals surface area (Å²) in [6.07, 6.45) is 1.43. The van der Waals surface area contributed by atoms with E-state index in [4.69, 9.17) is 10.5 Å². The number of hydrogen-bond acceptors (Lipinski definition) is 4. The Balaban J connectivity index is 2.54. The van der Waals surface area contributed by atoms with E-state index in [-0.39, 0.29) is 5.56 Å². The van der Waals surface area contributed by atoms with Crippen LogP contribution in [0.4, 0.5) is 5.69 Å². The lowest BCUT2D eigenvalue weighted by atomic mass is 10.3. The summed E-state index contributed by atoms with van der Waals surface area (Å²) in [4.78, 5) is 11.6. The molecule has 0 spiro atoms. The normalized spacial score (nSPS) is 10.1. The number of nitrogens with zero attached hydrogens (tertiary/aromatic N) is 2. The van der Waals surface area contributed by atoms with Crippen molar-refractivity contribution in [3.8, 4) is 11.4 Å². The van der Waals surface area contributed by atoms with E-state index in [9.17, 15) is 4.79 Å². The molecule has 2 aromatic rings. The van der Waals surface area contributed by atoms with Crippen molar-refractivity contribution in [2.24, 2.45) is 0 Å². The molecule has 1 aromatic carbocycles. The zero-order chi connectivity index (χ0) is 11.5. The molecule has 82 valence electrons. The number of benzene rings is 1. The SMILES string of the molecule is COc1cccc(-n2ncc(N)cc2=O)c1. The van der Waals surface area contributed by atoms with Crippen molar-refractivity contribution in [3.05, 3.63) is 46.9 Å². The average molecular weight is 217 g/mol. The van der Waals surface area contributed by atoms with E-state index in [1.54, 1.807) is 31.4 Å². The Kier molecular flexibility index (Phi) is 2.59. The van der Waals surface area contributed by atoms with Crippen molar-refractivity contribution in [2.45, 2.75) is 0 Å². The van der Waals surface area contributed by atoms with Gasteiger partial charge in [0.1, 0.15) is 5.75 Å². The lowest BCUT2D eigenvalue weighted by molar-refractivity contribution is 0.414. The standard InChI is InChI=1S/C11H11N3O2/c1-16-10-4-2-3-9(6-10)14-11(15)5-8(12)7-13-14/h2-7H,12H2,1H3. The number of aromatic nitrogens is 2. The molecule has 0 radical (unpaired) electrons. The second-order valence-corrected chi connectivity index (χ2v) is 3.24. The van der Waals surface area contributed by atoms with E-state index in [2.05, 4.69) is 5.10 Å². The van der Waals surface area contributed by atoms with E-state index < -0.39 is 0 Å². The monoisotopic (exact) mass is 217 g/mol. The lowest BCUT2D eigenvalue weighted by Crippen LogP contribution is -2.20. The maximum absolute atomic E-state index is 11.6. The Labute approximate surface area is 92.1 Å². The van der Waals surface area contributed by atoms with Gasteiger partial charge < -0.3 is 10.5 Å². The Morgan fingerprint density at radius 3 is 2.88 bits per heavy atom. The molecule has 0 aliphatic heterocycles. The Morgan fingerprint density at radius 1 is 1.38 bits per heavy atom. The summed E-state index contributed by atoms with van der Waals surface area (Å²) < 4.78 is 6.33.